The Morgan fingerprint density at radius 1 is 1.00 bits per heavy atom. The van der Waals surface area contributed by atoms with Crippen LogP contribution in [0.2, 0.25) is 0 Å². The fourth-order valence-corrected chi connectivity index (χ4v) is 6.68. The van der Waals surface area contributed by atoms with Gasteiger partial charge in [0.1, 0.15) is 4.83 Å². The Morgan fingerprint density at radius 2 is 1.63 bits per heavy atom. The molecule has 5 rings (SSSR count). The van der Waals surface area contributed by atoms with Gasteiger partial charge in [-0.05, 0) is 76.2 Å². The van der Waals surface area contributed by atoms with Crippen molar-refractivity contribution in [1.82, 2.24) is 15.1 Å². The minimum atomic E-state index is 0.0867. The molecule has 3 aliphatic rings. The number of fused-ring (bicyclic) bond motifs is 1. The highest BCUT2D eigenvalue weighted by Crippen LogP contribution is 2.36. The summed E-state index contributed by atoms with van der Waals surface area (Å²) in [7, 11) is 0. The molecule has 0 atom stereocenters. The molecule has 164 valence electrons. The molecular formula is C23H33N3O3S. The quantitative estimate of drug-likeness (QED) is 0.776. The Bertz CT molecular complexity index is 872. The largest absolute Gasteiger partial charge is 0.381 e. The molecule has 30 heavy (non-hydrogen) atoms. The van der Waals surface area contributed by atoms with Gasteiger partial charge in [-0.2, -0.15) is 5.10 Å². The summed E-state index contributed by atoms with van der Waals surface area (Å²) in [5, 5.41) is 9.22. The van der Waals surface area contributed by atoms with E-state index in [2.05, 4.69) is 10.00 Å². The maximum Gasteiger partial charge on any atom is 0.261 e. The average Bonchev–Trinajstić information content (AvgIpc) is 3.36. The Hall–Kier alpha value is -1.44. The summed E-state index contributed by atoms with van der Waals surface area (Å²) in [6.07, 6.45) is 9.10. The van der Waals surface area contributed by atoms with Gasteiger partial charge in [-0.25, -0.2) is 0 Å². The molecule has 2 saturated heterocycles. The third-order valence-corrected chi connectivity index (χ3v) is 8.49. The maximum atomic E-state index is 13.0. The van der Waals surface area contributed by atoms with E-state index in [-0.39, 0.29) is 5.91 Å². The number of carbonyl (C=O) groups excluding carboxylic acids is 1. The van der Waals surface area contributed by atoms with E-state index in [1.54, 1.807) is 11.3 Å². The monoisotopic (exact) mass is 431 g/mol. The van der Waals surface area contributed by atoms with Crippen molar-refractivity contribution >= 4 is 27.5 Å². The predicted octanol–water partition coefficient (Wildman–Crippen LogP) is 4.47. The van der Waals surface area contributed by atoms with Gasteiger partial charge in [-0.1, -0.05) is 0 Å². The lowest BCUT2D eigenvalue weighted by Crippen LogP contribution is -2.39. The van der Waals surface area contributed by atoms with Crippen molar-refractivity contribution in [2.45, 2.75) is 70.4 Å². The smallest absolute Gasteiger partial charge is 0.261 e. The molecule has 1 saturated carbocycles. The number of hydrogen-bond acceptors (Lipinski definition) is 5. The summed E-state index contributed by atoms with van der Waals surface area (Å²) in [5.74, 6) is 1.73. The Labute approximate surface area is 182 Å². The van der Waals surface area contributed by atoms with Crippen LogP contribution >= 0.6 is 11.3 Å². The van der Waals surface area contributed by atoms with Gasteiger partial charge in [-0.15, -0.1) is 11.3 Å². The van der Waals surface area contributed by atoms with E-state index in [1.165, 1.54) is 25.7 Å². The van der Waals surface area contributed by atoms with Crippen LogP contribution in [0.1, 0.15) is 72.8 Å². The second kappa shape index (κ2) is 8.97. The number of carbonyl (C=O) groups is 1. The highest BCUT2D eigenvalue weighted by molar-refractivity contribution is 7.20. The maximum absolute atomic E-state index is 13.0. The van der Waals surface area contributed by atoms with Crippen LogP contribution in [0.25, 0.3) is 10.2 Å². The fourth-order valence-electron chi connectivity index (χ4n) is 5.54. The molecule has 2 aliphatic heterocycles. The molecule has 6 nitrogen and oxygen atoms in total. The third-order valence-electron chi connectivity index (χ3n) is 7.37. The summed E-state index contributed by atoms with van der Waals surface area (Å²) >= 11 is 1.59. The molecule has 7 heteroatoms. The molecule has 0 radical (unpaired) electrons. The number of aromatic nitrogens is 2. The summed E-state index contributed by atoms with van der Waals surface area (Å²) in [6, 6.07) is 2.73. The van der Waals surface area contributed by atoms with Crippen LogP contribution in [0.5, 0.6) is 0 Å². The van der Waals surface area contributed by atoms with Crippen LogP contribution < -0.4 is 5.32 Å². The molecule has 4 heterocycles. The van der Waals surface area contributed by atoms with Gasteiger partial charge in [0.15, 0.2) is 0 Å². The van der Waals surface area contributed by atoms with Gasteiger partial charge < -0.3 is 14.8 Å². The first-order valence-corrected chi connectivity index (χ1v) is 12.5. The Balaban J connectivity index is 1.22. The van der Waals surface area contributed by atoms with Crippen LogP contribution in [-0.4, -0.2) is 48.2 Å². The molecule has 1 aliphatic carbocycles. The van der Waals surface area contributed by atoms with E-state index >= 15 is 0 Å². The fraction of sp³-hybridized carbons (Fsp3) is 0.739. The highest BCUT2D eigenvalue weighted by Gasteiger charge is 2.30. The predicted molar refractivity (Wildman–Crippen MR) is 118 cm³/mol. The lowest BCUT2D eigenvalue weighted by Gasteiger charge is -2.35. The molecule has 2 aromatic rings. The van der Waals surface area contributed by atoms with E-state index in [4.69, 9.17) is 14.6 Å². The van der Waals surface area contributed by atoms with Gasteiger partial charge in [-0.3, -0.25) is 9.48 Å². The molecule has 0 spiro atoms. The number of nitrogens with one attached hydrogen (secondary N) is 1. The van der Waals surface area contributed by atoms with Gasteiger partial charge in [0.2, 0.25) is 0 Å². The van der Waals surface area contributed by atoms with Crippen molar-refractivity contribution in [1.29, 1.82) is 0 Å². The first-order chi connectivity index (χ1) is 14.7. The Kier molecular flexibility index (Phi) is 6.12. The van der Waals surface area contributed by atoms with Crippen LogP contribution in [0, 0.1) is 18.8 Å². The molecule has 0 bridgehead atoms. The van der Waals surface area contributed by atoms with Crippen molar-refractivity contribution in [3.05, 3.63) is 16.6 Å². The van der Waals surface area contributed by atoms with E-state index < -0.39 is 0 Å². The Morgan fingerprint density at radius 3 is 2.33 bits per heavy atom. The van der Waals surface area contributed by atoms with Gasteiger partial charge in [0.25, 0.3) is 5.91 Å². The summed E-state index contributed by atoms with van der Waals surface area (Å²) < 4.78 is 13.2. The summed E-state index contributed by atoms with van der Waals surface area (Å²) in [5.41, 5.74) is 1.02. The standard InChI is InChI=1S/C23H33N3O3S/c1-15-20-14-21(30-23(20)26(25-15)19-8-12-29-13-9-19)22(27)24-18-4-2-16(3-5-18)17-6-10-28-11-7-17/h14,16-19H,2-13H2,1H3,(H,24,27). The zero-order valence-corrected chi connectivity index (χ0v) is 18.7. The number of aryl methyl sites for hydroxylation is 1. The topological polar surface area (TPSA) is 65.4 Å². The first kappa shape index (κ1) is 20.5. The zero-order chi connectivity index (χ0) is 20.5. The number of rotatable bonds is 4. The number of hydrogen-bond donors (Lipinski definition) is 1. The number of thiophene rings is 1. The van der Waals surface area contributed by atoms with Crippen LogP contribution in [0.15, 0.2) is 6.07 Å². The first-order valence-electron chi connectivity index (χ1n) is 11.6. The lowest BCUT2D eigenvalue weighted by atomic mass is 9.75. The SMILES string of the molecule is Cc1nn(C2CCOCC2)c2sc(C(=O)NC3CCC(C4CCOCC4)CC3)cc12. The number of ether oxygens (including phenoxy) is 2. The van der Waals surface area contributed by atoms with Crippen molar-refractivity contribution in [3.8, 4) is 0 Å². The van der Waals surface area contributed by atoms with Gasteiger partial charge in [0, 0.05) is 37.9 Å². The van der Waals surface area contributed by atoms with Crippen LogP contribution in [0.4, 0.5) is 0 Å². The van der Waals surface area contributed by atoms with Crippen molar-refractivity contribution < 1.29 is 14.3 Å². The van der Waals surface area contributed by atoms with Crippen LogP contribution in [-0.2, 0) is 9.47 Å². The van der Waals surface area contributed by atoms with Gasteiger partial charge in [0.05, 0.1) is 16.6 Å². The zero-order valence-electron chi connectivity index (χ0n) is 17.9. The van der Waals surface area contributed by atoms with E-state index in [9.17, 15) is 4.79 Å². The molecule has 0 aromatic carbocycles. The molecule has 1 amide bonds. The molecule has 0 unspecified atom stereocenters. The number of amides is 1. The highest BCUT2D eigenvalue weighted by atomic mass is 32.1. The molecule has 3 fully saturated rings. The third kappa shape index (κ3) is 4.16. The summed E-state index contributed by atoms with van der Waals surface area (Å²) in [4.78, 5) is 14.9. The summed E-state index contributed by atoms with van der Waals surface area (Å²) in [6.45, 7) is 5.49. The minimum absolute atomic E-state index is 0.0867. The van der Waals surface area contributed by atoms with Gasteiger partial charge >= 0.3 is 0 Å². The minimum Gasteiger partial charge on any atom is -0.381 e. The van der Waals surface area contributed by atoms with E-state index in [0.29, 0.717) is 12.1 Å². The van der Waals surface area contributed by atoms with E-state index in [1.807, 2.05) is 13.0 Å². The van der Waals surface area contributed by atoms with Crippen LogP contribution in [0.3, 0.4) is 0 Å². The van der Waals surface area contributed by atoms with Crippen molar-refractivity contribution in [2.24, 2.45) is 11.8 Å². The molecule has 1 N–H and O–H groups in total. The average molecular weight is 432 g/mol. The molecular weight excluding hydrogens is 398 g/mol. The number of nitrogens with zero attached hydrogens (tertiary/aromatic N) is 2. The lowest BCUT2D eigenvalue weighted by molar-refractivity contribution is 0.0369. The van der Waals surface area contributed by atoms with E-state index in [0.717, 1.165) is 84.7 Å². The normalized spacial score (nSPS) is 26.8. The van der Waals surface area contributed by atoms with Crippen molar-refractivity contribution in [3.63, 3.8) is 0 Å². The van der Waals surface area contributed by atoms with Crippen molar-refractivity contribution in [2.75, 3.05) is 26.4 Å². The second-order valence-corrected chi connectivity index (χ2v) is 10.3. The molecule has 2 aromatic heterocycles. The second-order valence-electron chi connectivity index (χ2n) is 9.24.